The summed E-state index contributed by atoms with van der Waals surface area (Å²) in [4.78, 5) is 32.1. The van der Waals surface area contributed by atoms with Crippen LogP contribution in [0.2, 0.25) is 5.02 Å². The van der Waals surface area contributed by atoms with E-state index in [1.807, 2.05) is 38.1 Å². The van der Waals surface area contributed by atoms with Crippen molar-refractivity contribution < 1.29 is 9.59 Å². The van der Waals surface area contributed by atoms with Crippen LogP contribution in [0.15, 0.2) is 48.5 Å². The van der Waals surface area contributed by atoms with Gasteiger partial charge in [-0.25, -0.2) is 9.78 Å². The summed E-state index contributed by atoms with van der Waals surface area (Å²) in [7, 11) is 0. The molecule has 0 saturated heterocycles. The SMILES string of the molecule is CC(C)[C@H](NC(=O)C[C@@H](NC(N)=O)c1ccc(Cl)cc1)c1nc2ccccc2[nH]1. The molecule has 0 saturated carbocycles. The van der Waals surface area contributed by atoms with E-state index in [4.69, 9.17) is 17.3 Å². The van der Waals surface area contributed by atoms with Crippen molar-refractivity contribution in [1.29, 1.82) is 0 Å². The van der Waals surface area contributed by atoms with Gasteiger partial charge in [0.05, 0.1) is 29.5 Å². The number of nitrogens with zero attached hydrogens (tertiary/aromatic N) is 1. The summed E-state index contributed by atoms with van der Waals surface area (Å²) in [5.74, 6) is 0.580. The standard InChI is InChI=1S/C21H24ClN5O2/c1-12(2)19(20-24-15-5-3-4-6-16(15)25-20)27-18(28)11-17(26-21(23)29)13-7-9-14(22)10-8-13/h3-10,12,17,19H,11H2,1-2H3,(H,24,25)(H,27,28)(H3,23,26,29)/t17-,19+/m1/s1. The zero-order valence-corrected chi connectivity index (χ0v) is 17.0. The third kappa shape index (κ3) is 5.26. The molecule has 3 amide bonds. The molecule has 3 rings (SSSR count). The average molecular weight is 414 g/mol. The minimum Gasteiger partial charge on any atom is -0.352 e. The Morgan fingerprint density at radius 1 is 1.10 bits per heavy atom. The van der Waals surface area contributed by atoms with Crippen molar-refractivity contribution in [2.24, 2.45) is 11.7 Å². The van der Waals surface area contributed by atoms with Crippen LogP contribution in [0.5, 0.6) is 0 Å². The monoisotopic (exact) mass is 413 g/mol. The fourth-order valence-electron chi connectivity index (χ4n) is 3.21. The number of H-pyrrole nitrogens is 1. The molecular formula is C21H24ClN5O2. The Balaban J connectivity index is 1.77. The highest BCUT2D eigenvalue weighted by molar-refractivity contribution is 6.30. The predicted octanol–water partition coefficient (Wildman–Crippen LogP) is 3.83. The minimum absolute atomic E-state index is 0.0357. The molecule has 8 heteroatoms. The van der Waals surface area contributed by atoms with Gasteiger partial charge in [0, 0.05) is 5.02 Å². The number of carbonyl (C=O) groups is 2. The molecule has 29 heavy (non-hydrogen) atoms. The van der Waals surface area contributed by atoms with Gasteiger partial charge in [-0.05, 0) is 35.7 Å². The van der Waals surface area contributed by atoms with E-state index >= 15 is 0 Å². The molecule has 3 aromatic rings. The highest BCUT2D eigenvalue weighted by atomic mass is 35.5. The second kappa shape index (κ2) is 8.96. The van der Waals surface area contributed by atoms with E-state index in [1.165, 1.54) is 0 Å². The van der Waals surface area contributed by atoms with Crippen molar-refractivity contribution in [2.75, 3.05) is 0 Å². The van der Waals surface area contributed by atoms with E-state index in [-0.39, 0.29) is 24.3 Å². The van der Waals surface area contributed by atoms with Crippen molar-refractivity contribution in [3.05, 3.63) is 64.9 Å². The first-order valence-corrected chi connectivity index (χ1v) is 9.76. The summed E-state index contributed by atoms with van der Waals surface area (Å²) in [5, 5.41) is 6.22. The first-order valence-electron chi connectivity index (χ1n) is 9.39. The summed E-state index contributed by atoms with van der Waals surface area (Å²) in [6.45, 7) is 4.02. The van der Waals surface area contributed by atoms with Crippen molar-refractivity contribution in [3.63, 3.8) is 0 Å². The molecular weight excluding hydrogens is 390 g/mol. The van der Waals surface area contributed by atoms with Gasteiger partial charge in [-0.15, -0.1) is 0 Å². The molecule has 152 valence electrons. The molecule has 2 atom stereocenters. The molecule has 2 aromatic carbocycles. The molecule has 0 spiro atoms. The molecule has 0 aliphatic heterocycles. The van der Waals surface area contributed by atoms with Crippen LogP contribution in [-0.2, 0) is 4.79 Å². The summed E-state index contributed by atoms with van der Waals surface area (Å²) in [5.41, 5.74) is 7.80. The minimum atomic E-state index is -0.699. The van der Waals surface area contributed by atoms with E-state index in [1.54, 1.807) is 24.3 Å². The number of rotatable bonds is 7. The lowest BCUT2D eigenvalue weighted by molar-refractivity contribution is -0.122. The van der Waals surface area contributed by atoms with Gasteiger partial charge in [-0.3, -0.25) is 4.79 Å². The van der Waals surface area contributed by atoms with Crippen LogP contribution in [0.1, 0.15) is 43.7 Å². The number of hydrogen-bond acceptors (Lipinski definition) is 3. The molecule has 0 aliphatic carbocycles. The fourth-order valence-corrected chi connectivity index (χ4v) is 3.33. The van der Waals surface area contributed by atoms with Gasteiger partial charge in [0.25, 0.3) is 0 Å². The third-order valence-corrected chi connectivity index (χ3v) is 4.92. The van der Waals surface area contributed by atoms with E-state index in [0.717, 1.165) is 16.6 Å². The van der Waals surface area contributed by atoms with Crippen molar-refractivity contribution in [3.8, 4) is 0 Å². The Kier molecular flexibility index (Phi) is 6.39. The number of benzene rings is 2. The topological polar surface area (TPSA) is 113 Å². The number of nitrogens with two attached hydrogens (primary N) is 1. The van der Waals surface area contributed by atoms with Crippen LogP contribution >= 0.6 is 11.6 Å². The summed E-state index contributed by atoms with van der Waals surface area (Å²) in [6.07, 6.45) is 0.0357. The molecule has 0 unspecified atom stereocenters. The Hall–Kier alpha value is -3.06. The van der Waals surface area contributed by atoms with E-state index in [9.17, 15) is 9.59 Å². The second-order valence-corrected chi connectivity index (χ2v) is 7.68. The number of amides is 3. The molecule has 0 bridgehead atoms. The Morgan fingerprint density at radius 3 is 2.41 bits per heavy atom. The van der Waals surface area contributed by atoms with Crippen LogP contribution in [0.25, 0.3) is 11.0 Å². The lowest BCUT2D eigenvalue weighted by Gasteiger charge is -2.23. The largest absolute Gasteiger partial charge is 0.352 e. The maximum Gasteiger partial charge on any atom is 0.312 e. The number of primary amides is 1. The van der Waals surface area contributed by atoms with Gasteiger partial charge in [-0.2, -0.15) is 0 Å². The number of urea groups is 1. The number of hydrogen-bond donors (Lipinski definition) is 4. The molecule has 0 aliphatic rings. The molecule has 1 heterocycles. The highest BCUT2D eigenvalue weighted by Gasteiger charge is 2.24. The van der Waals surface area contributed by atoms with Crippen LogP contribution < -0.4 is 16.4 Å². The van der Waals surface area contributed by atoms with E-state index in [0.29, 0.717) is 10.8 Å². The van der Waals surface area contributed by atoms with Crippen molar-refractivity contribution in [2.45, 2.75) is 32.4 Å². The number of aromatic nitrogens is 2. The summed E-state index contributed by atoms with van der Waals surface area (Å²) >= 11 is 5.93. The van der Waals surface area contributed by atoms with Crippen LogP contribution in [0, 0.1) is 5.92 Å². The number of para-hydroxylation sites is 2. The molecule has 0 fully saturated rings. The molecule has 7 nitrogen and oxygen atoms in total. The van der Waals surface area contributed by atoms with Gasteiger partial charge in [0.2, 0.25) is 5.91 Å². The van der Waals surface area contributed by atoms with E-state index in [2.05, 4.69) is 20.6 Å². The number of aromatic amines is 1. The van der Waals surface area contributed by atoms with Crippen LogP contribution in [0.4, 0.5) is 4.79 Å². The first-order chi connectivity index (χ1) is 13.8. The van der Waals surface area contributed by atoms with Gasteiger partial charge in [-0.1, -0.05) is 49.7 Å². The first kappa shape index (κ1) is 20.7. The summed E-state index contributed by atoms with van der Waals surface area (Å²) < 4.78 is 0. The Bertz CT molecular complexity index is 967. The summed E-state index contributed by atoms with van der Waals surface area (Å²) in [6, 6.07) is 13.1. The normalized spacial score (nSPS) is 13.2. The maximum atomic E-state index is 12.8. The van der Waals surface area contributed by atoms with E-state index < -0.39 is 12.1 Å². The molecule has 1 aromatic heterocycles. The van der Waals surface area contributed by atoms with Gasteiger partial charge in [0.1, 0.15) is 5.82 Å². The zero-order chi connectivity index (χ0) is 21.0. The van der Waals surface area contributed by atoms with Crippen molar-refractivity contribution >= 4 is 34.6 Å². The smallest absolute Gasteiger partial charge is 0.312 e. The van der Waals surface area contributed by atoms with Crippen LogP contribution in [0.3, 0.4) is 0 Å². The third-order valence-electron chi connectivity index (χ3n) is 4.66. The van der Waals surface area contributed by atoms with Crippen molar-refractivity contribution in [1.82, 2.24) is 20.6 Å². The Morgan fingerprint density at radius 2 is 1.79 bits per heavy atom. The van der Waals surface area contributed by atoms with Crippen LogP contribution in [-0.4, -0.2) is 21.9 Å². The zero-order valence-electron chi connectivity index (χ0n) is 16.3. The average Bonchev–Trinajstić information content (AvgIpc) is 3.09. The molecule has 0 radical (unpaired) electrons. The lowest BCUT2D eigenvalue weighted by Crippen LogP contribution is -2.38. The number of imidazole rings is 1. The number of halogens is 1. The fraction of sp³-hybridized carbons (Fsp3) is 0.286. The molecule has 5 N–H and O–H groups in total. The second-order valence-electron chi connectivity index (χ2n) is 7.25. The number of nitrogens with one attached hydrogen (secondary N) is 3. The van der Waals surface area contributed by atoms with Gasteiger partial charge in [0.15, 0.2) is 0 Å². The predicted molar refractivity (Wildman–Crippen MR) is 113 cm³/mol. The number of fused-ring (bicyclic) bond motifs is 1. The lowest BCUT2D eigenvalue weighted by atomic mass is 10.0. The highest BCUT2D eigenvalue weighted by Crippen LogP contribution is 2.24. The quantitative estimate of drug-likeness (QED) is 0.472. The maximum absolute atomic E-state index is 12.8. The van der Waals surface area contributed by atoms with Gasteiger partial charge >= 0.3 is 6.03 Å². The van der Waals surface area contributed by atoms with Gasteiger partial charge < -0.3 is 21.4 Å². The number of carbonyl (C=O) groups excluding carboxylic acids is 2. The Labute approximate surface area is 174 Å².